The number of carbonyl (C=O) groups excluding carboxylic acids is 2. The molecule has 1 rings (SSSR count). The third kappa shape index (κ3) is 3.12. The Morgan fingerprint density at radius 1 is 1.53 bits per heavy atom. The number of nitrogens with zero attached hydrogens (tertiary/aromatic N) is 1. The van der Waals surface area contributed by atoms with Gasteiger partial charge in [-0.05, 0) is 19.1 Å². The van der Waals surface area contributed by atoms with E-state index in [4.69, 9.17) is 0 Å². The van der Waals surface area contributed by atoms with Gasteiger partial charge in [0.05, 0.1) is 7.11 Å². The van der Waals surface area contributed by atoms with E-state index in [9.17, 15) is 9.59 Å². The van der Waals surface area contributed by atoms with Crippen LogP contribution >= 0.6 is 11.8 Å². The smallest absolute Gasteiger partial charge is 0.328 e. The number of esters is 1. The zero-order chi connectivity index (χ0) is 11.3. The largest absolute Gasteiger partial charge is 0.467 e. The Morgan fingerprint density at radius 3 is 2.87 bits per heavy atom. The highest BCUT2D eigenvalue weighted by molar-refractivity contribution is 7.98. The Balaban J connectivity index is 2.52. The van der Waals surface area contributed by atoms with E-state index in [1.165, 1.54) is 7.11 Å². The fourth-order valence-corrected chi connectivity index (χ4v) is 2.16. The van der Waals surface area contributed by atoms with Gasteiger partial charge in [-0.3, -0.25) is 4.79 Å². The van der Waals surface area contributed by atoms with Gasteiger partial charge in [-0.15, -0.1) is 0 Å². The molecule has 1 fully saturated rings. The molecule has 1 atom stereocenters. The van der Waals surface area contributed by atoms with E-state index in [2.05, 4.69) is 4.74 Å². The van der Waals surface area contributed by atoms with E-state index in [0.717, 1.165) is 18.6 Å². The molecule has 0 aromatic carbocycles. The van der Waals surface area contributed by atoms with Crippen molar-refractivity contribution in [2.75, 3.05) is 25.7 Å². The van der Waals surface area contributed by atoms with Crippen LogP contribution in [-0.2, 0) is 14.3 Å². The number of amides is 1. The molecule has 0 saturated carbocycles. The minimum atomic E-state index is -0.343. The Labute approximate surface area is 94.3 Å². The number of rotatable bonds is 4. The van der Waals surface area contributed by atoms with Crippen LogP contribution in [0.25, 0.3) is 0 Å². The van der Waals surface area contributed by atoms with Gasteiger partial charge in [0.25, 0.3) is 0 Å². The van der Waals surface area contributed by atoms with Crippen LogP contribution in [0.15, 0.2) is 0 Å². The second-order valence-electron chi connectivity index (χ2n) is 3.51. The van der Waals surface area contributed by atoms with E-state index < -0.39 is 0 Å². The van der Waals surface area contributed by atoms with Crippen molar-refractivity contribution in [3.63, 3.8) is 0 Å². The highest BCUT2D eigenvalue weighted by Gasteiger charge is 2.34. The summed E-state index contributed by atoms with van der Waals surface area (Å²) in [6.45, 7) is 0.687. The molecule has 1 unspecified atom stereocenters. The average molecular weight is 231 g/mol. The molecule has 0 bridgehead atoms. The zero-order valence-corrected chi connectivity index (χ0v) is 10.0. The monoisotopic (exact) mass is 231 g/mol. The van der Waals surface area contributed by atoms with Crippen LogP contribution in [0.3, 0.4) is 0 Å². The second-order valence-corrected chi connectivity index (χ2v) is 4.50. The van der Waals surface area contributed by atoms with Crippen molar-refractivity contribution in [1.29, 1.82) is 0 Å². The van der Waals surface area contributed by atoms with Crippen molar-refractivity contribution in [2.45, 2.75) is 25.3 Å². The molecule has 1 heterocycles. The number of carbonyl (C=O) groups is 2. The fourth-order valence-electron chi connectivity index (χ4n) is 1.78. The number of hydrogen-bond donors (Lipinski definition) is 0. The summed E-state index contributed by atoms with van der Waals surface area (Å²) in [4.78, 5) is 24.8. The highest BCUT2D eigenvalue weighted by Crippen LogP contribution is 2.19. The van der Waals surface area contributed by atoms with Crippen molar-refractivity contribution in [3.05, 3.63) is 0 Å². The normalized spacial score (nSPS) is 20.4. The maximum Gasteiger partial charge on any atom is 0.328 e. The lowest BCUT2D eigenvalue weighted by Crippen LogP contribution is -2.41. The van der Waals surface area contributed by atoms with Gasteiger partial charge in [0.1, 0.15) is 6.04 Å². The first-order valence-electron chi connectivity index (χ1n) is 5.07. The first-order chi connectivity index (χ1) is 7.20. The Morgan fingerprint density at radius 2 is 2.27 bits per heavy atom. The van der Waals surface area contributed by atoms with Crippen LogP contribution in [0.5, 0.6) is 0 Å². The van der Waals surface area contributed by atoms with Gasteiger partial charge >= 0.3 is 5.97 Å². The van der Waals surface area contributed by atoms with E-state index in [1.54, 1.807) is 16.7 Å². The summed E-state index contributed by atoms with van der Waals surface area (Å²) in [5, 5.41) is 0. The molecule has 0 radical (unpaired) electrons. The molecule has 1 amide bonds. The molecule has 0 aromatic heterocycles. The molecule has 1 aliphatic rings. The molecule has 4 nitrogen and oxygen atoms in total. The lowest BCUT2D eigenvalue weighted by molar-refractivity contribution is -0.150. The minimum Gasteiger partial charge on any atom is -0.467 e. The first kappa shape index (κ1) is 12.4. The van der Waals surface area contributed by atoms with Gasteiger partial charge in [-0.1, -0.05) is 0 Å². The number of ether oxygens (including phenoxy) is 1. The molecule has 0 aromatic rings. The summed E-state index contributed by atoms with van der Waals surface area (Å²) >= 11 is 1.64. The molecular weight excluding hydrogens is 214 g/mol. The van der Waals surface area contributed by atoms with E-state index in [-0.39, 0.29) is 17.9 Å². The van der Waals surface area contributed by atoms with E-state index in [1.807, 2.05) is 6.26 Å². The van der Waals surface area contributed by atoms with Crippen molar-refractivity contribution in [1.82, 2.24) is 4.90 Å². The molecular formula is C10H17NO3S. The SMILES string of the molecule is COC(=O)C1CCCN1C(=O)CCSC. The quantitative estimate of drug-likeness (QED) is 0.675. The molecule has 1 aliphatic heterocycles. The van der Waals surface area contributed by atoms with Crippen LogP contribution in [0.4, 0.5) is 0 Å². The van der Waals surface area contributed by atoms with E-state index >= 15 is 0 Å². The van der Waals surface area contributed by atoms with Crippen LogP contribution in [0.1, 0.15) is 19.3 Å². The van der Waals surface area contributed by atoms with Crippen LogP contribution in [-0.4, -0.2) is 48.5 Å². The van der Waals surface area contributed by atoms with Crippen molar-refractivity contribution in [3.8, 4) is 0 Å². The molecule has 0 aliphatic carbocycles. The topological polar surface area (TPSA) is 46.6 Å². The molecule has 86 valence electrons. The highest BCUT2D eigenvalue weighted by atomic mass is 32.2. The lowest BCUT2D eigenvalue weighted by Gasteiger charge is -2.22. The maximum atomic E-state index is 11.7. The summed E-state index contributed by atoms with van der Waals surface area (Å²) < 4.78 is 4.68. The molecule has 1 saturated heterocycles. The van der Waals surface area contributed by atoms with Gasteiger partial charge in [0.2, 0.25) is 5.91 Å². The molecule has 5 heteroatoms. The van der Waals surface area contributed by atoms with Crippen molar-refractivity contribution >= 4 is 23.6 Å². The van der Waals surface area contributed by atoms with Gasteiger partial charge < -0.3 is 9.64 Å². The van der Waals surface area contributed by atoms with Crippen LogP contribution in [0, 0.1) is 0 Å². The maximum absolute atomic E-state index is 11.7. The van der Waals surface area contributed by atoms with Crippen molar-refractivity contribution in [2.24, 2.45) is 0 Å². The van der Waals surface area contributed by atoms with Crippen LogP contribution < -0.4 is 0 Å². The third-order valence-electron chi connectivity index (χ3n) is 2.57. The van der Waals surface area contributed by atoms with Gasteiger partial charge in [0.15, 0.2) is 0 Å². The van der Waals surface area contributed by atoms with Gasteiger partial charge in [0, 0.05) is 18.7 Å². The first-order valence-corrected chi connectivity index (χ1v) is 6.46. The summed E-state index contributed by atoms with van der Waals surface area (Å²) in [6.07, 6.45) is 4.10. The average Bonchev–Trinajstić information content (AvgIpc) is 2.73. The number of likely N-dealkylation sites (tertiary alicyclic amines) is 1. The van der Waals surface area contributed by atoms with Crippen molar-refractivity contribution < 1.29 is 14.3 Å². The fraction of sp³-hybridized carbons (Fsp3) is 0.800. The summed E-state index contributed by atoms with van der Waals surface area (Å²) in [6, 6.07) is -0.343. The summed E-state index contributed by atoms with van der Waals surface area (Å²) in [7, 11) is 1.37. The second kappa shape index (κ2) is 6.00. The number of thioether (sulfide) groups is 1. The standard InChI is InChI=1S/C10H17NO3S/c1-14-10(13)8-4-3-6-11(8)9(12)5-7-15-2/h8H,3-7H2,1-2H3. The summed E-state index contributed by atoms with van der Waals surface area (Å²) in [5.41, 5.74) is 0. The molecule has 0 N–H and O–H groups in total. The Hall–Kier alpha value is -0.710. The number of hydrogen-bond acceptors (Lipinski definition) is 4. The number of methoxy groups -OCH3 is 1. The van der Waals surface area contributed by atoms with Crippen LogP contribution in [0.2, 0.25) is 0 Å². The summed E-state index contributed by atoms with van der Waals surface area (Å²) in [5.74, 6) is 0.589. The Bertz CT molecular complexity index is 245. The third-order valence-corrected chi connectivity index (χ3v) is 3.18. The molecule has 15 heavy (non-hydrogen) atoms. The predicted octanol–water partition coefficient (Wildman–Crippen LogP) is 0.903. The minimum absolute atomic E-state index is 0.0669. The lowest BCUT2D eigenvalue weighted by atomic mass is 10.2. The Kier molecular flexibility index (Phi) is 4.94. The zero-order valence-electron chi connectivity index (χ0n) is 9.19. The van der Waals surface area contributed by atoms with E-state index in [0.29, 0.717) is 13.0 Å². The predicted molar refractivity (Wildman–Crippen MR) is 59.8 cm³/mol. The van der Waals surface area contributed by atoms with Gasteiger partial charge in [-0.2, -0.15) is 11.8 Å². The van der Waals surface area contributed by atoms with Gasteiger partial charge in [-0.25, -0.2) is 4.79 Å². The molecule has 0 spiro atoms.